The van der Waals surface area contributed by atoms with Gasteiger partial charge in [0.1, 0.15) is 11.6 Å². The number of aliphatic hydroxyl groups excluding tert-OH is 1. The SMILES string of the molecule is COc1ccccc1C(O)CNC(=O)NC(Cn1cnc2ccccc21)c1ccc(F)cc1. The molecule has 3 N–H and O–H groups in total. The number of rotatable bonds is 8. The van der Waals surface area contributed by atoms with Crippen LogP contribution >= 0.6 is 0 Å². The number of carbonyl (C=O) groups excluding carboxylic acids is 1. The average Bonchev–Trinajstić information content (AvgIpc) is 3.25. The number of carbonyl (C=O) groups is 1. The maximum absolute atomic E-state index is 13.5. The third kappa shape index (κ3) is 5.30. The number of hydrogen-bond donors (Lipinski definition) is 3. The Balaban J connectivity index is 1.47. The van der Waals surface area contributed by atoms with Gasteiger partial charge in [0.25, 0.3) is 0 Å². The lowest BCUT2D eigenvalue weighted by Gasteiger charge is -2.22. The molecule has 7 nitrogen and oxygen atoms in total. The van der Waals surface area contributed by atoms with Crippen molar-refractivity contribution in [3.05, 3.63) is 96.1 Å². The highest BCUT2D eigenvalue weighted by molar-refractivity contribution is 5.76. The monoisotopic (exact) mass is 448 g/mol. The number of para-hydroxylation sites is 3. The average molecular weight is 448 g/mol. The second kappa shape index (κ2) is 10.1. The summed E-state index contributed by atoms with van der Waals surface area (Å²) in [5, 5.41) is 16.1. The van der Waals surface area contributed by atoms with Crippen molar-refractivity contribution in [2.24, 2.45) is 0 Å². The summed E-state index contributed by atoms with van der Waals surface area (Å²) in [5.41, 5.74) is 3.10. The number of nitrogens with one attached hydrogen (secondary N) is 2. The van der Waals surface area contributed by atoms with Crippen molar-refractivity contribution in [1.29, 1.82) is 0 Å². The van der Waals surface area contributed by atoms with E-state index in [1.807, 2.05) is 34.9 Å². The number of hydrogen-bond acceptors (Lipinski definition) is 4. The van der Waals surface area contributed by atoms with Crippen LogP contribution in [0.1, 0.15) is 23.3 Å². The number of urea groups is 1. The molecule has 0 fully saturated rings. The smallest absolute Gasteiger partial charge is 0.315 e. The van der Waals surface area contributed by atoms with Crippen molar-refractivity contribution in [1.82, 2.24) is 20.2 Å². The summed E-state index contributed by atoms with van der Waals surface area (Å²) in [7, 11) is 1.53. The fourth-order valence-corrected chi connectivity index (χ4v) is 3.73. The first-order chi connectivity index (χ1) is 16.0. The van der Waals surface area contributed by atoms with Crippen LogP contribution in [-0.2, 0) is 6.54 Å². The maximum Gasteiger partial charge on any atom is 0.315 e. The lowest BCUT2D eigenvalue weighted by molar-refractivity contribution is 0.168. The van der Waals surface area contributed by atoms with Crippen LogP contribution in [0.25, 0.3) is 11.0 Å². The van der Waals surface area contributed by atoms with Gasteiger partial charge in [0, 0.05) is 18.7 Å². The number of amides is 2. The highest BCUT2D eigenvalue weighted by Gasteiger charge is 2.19. The molecule has 2 unspecified atom stereocenters. The molecule has 4 rings (SSSR count). The van der Waals surface area contributed by atoms with Crippen molar-refractivity contribution in [2.45, 2.75) is 18.7 Å². The molecule has 0 bridgehead atoms. The Morgan fingerprint density at radius 3 is 2.61 bits per heavy atom. The Kier molecular flexibility index (Phi) is 6.85. The molecular formula is C25H25FN4O3. The van der Waals surface area contributed by atoms with E-state index in [1.165, 1.54) is 19.2 Å². The van der Waals surface area contributed by atoms with Gasteiger partial charge in [-0.3, -0.25) is 0 Å². The molecule has 0 aliphatic heterocycles. The molecule has 0 radical (unpaired) electrons. The van der Waals surface area contributed by atoms with Gasteiger partial charge in [0.15, 0.2) is 0 Å². The van der Waals surface area contributed by atoms with Gasteiger partial charge in [0.2, 0.25) is 0 Å². The third-order valence-corrected chi connectivity index (χ3v) is 5.44. The van der Waals surface area contributed by atoms with E-state index in [0.717, 1.165) is 16.6 Å². The summed E-state index contributed by atoms with van der Waals surface area (Å²) < 4.78 is 20.7. The Morgan fingerprint density at radius 2 is 1.82 bits per heavy atom. The van der Waals surface area contributed by atoms with Crippen LogP contribution in [-0.4, -0.2) is 34.3 Å². The highest BCUT2D eigenvalue weighted by Crippen LogP contribution is 2.24. The molecular weight excluding hydrogens is 423 g/mol. The summed E-state index contributed by atoms with van der Waals surface area (Å²) in [6, 6.07) is 19.9. The van der Waals surface area contributed by atoms with Crippen LogP contribution in [0.5, 0.6) is 5.75 Å². The van der Waals surface area contributed by atoms with Gasteiger partial charge < -0.3 is 25.0 Å². The van der Waals surface area contributed by atoms with E-state index < -0.39 is 18.2 Å². The first kappa shape index (κ1) is 22.3. The Hall–Kier alpha value is -3.91. The molecule has 0 saturated carbocycles. The number of fused-ring (bicyclic) bond motifs is 1. The van der Waals surface area contributed by atoms with Crippen LogP contribution in [0.15, 0.2) is 79.1 Å². The Morgan fingerprint density at radius 1 is 1.09 bits per heavy atom. The molecule has 4 aromatic rings. The largest absolute Gasteiger partial charge is 0.496 e. The summed E-state index contributed by atoms with van der Waals surface area (Å²) in [6.45, 7) is 0.394. The molecule has 2 atom stereocenters. The van der Waals surface area contributed by atoms with Crippen molar-refractivity contribution >= 4 is 17.1 Å². The number of nitrogens with zero attached hydrogens (tertiary/aromatic N) is 2. The second-order valence-electron chi connectivity index (χ2n) is 7.60. The van der Waals surface area contributed by atoms with E-state index in [9.17, 15) is 14.3 Å². The molecule has 1 heterocycles. The molecule has 3 aromatic carbocycles. The molecule has 0 spiro atoms. The van der Waals surface area contributed by atoms with Gasteiger partial charge in [0.05, 0.1) is 36.6 Å². The minimum absolute atomic E-state index is 0.00362. The quantitative estimate of drug-likeness (QED) is 0.381. The lowest BCUT2D eigenvalue weighted by atomic mass is 10.1. The third-order valence-electron chi connectivity index (χ3n) is 5.44. The van der Waals surface area contributed by atoms with Gasteiger partial charge in [-0.1, -0.05) is 42.5 Å². The van der Waals surface area contributed by atoms with E-state index in [0.29, 0.717) is 17.9 Å². The molecule has 1 aromatic heterocycles. The van der Waals surface area contributed by atoms with Crippen LogP contribution in [0.3, 0.4) is 0 Å². The predicted molar refractivity (Wildman–Crippen MR) is 123 cm³/mol. The zero-order valence-corrected chi connectivity index (χ0v) is 18.1. The predicted octanol–water partition coefficient (Wildman–Crippen LogP) is 3.96. The van der Waals surface area contributed by atoms with E-state index in [1.54, 1.807) is 36.7 Å². The normalized spacial score (nSPS) is 12.8. The zero-order valence-electron chi connectivity index (χ0n) is 18.1. The Labute approximate surface area is 190 Å². The second-order valence-corrected chi connectivity index (χ2v) is 7.60. The van der Waals surface area contributed by atoms with Crippen LogP contribution in [0.2, 0.25) is 0 Å². The summed E-state index contributed by atoms with van der Waals surface area (Å²) in [5.74, 6) is 0.193. The fourth-order valence-electron chi connectivity index (χ4n) is 3.73. The number of halogens is 1. The highest BCUT2D eigenvalue weighted by atomic mass is 19.1. The molecule has 2 amide bonds. The van der Waals surface area contributed by atoms with Gasteiger partial charge in [-0.2, -0.15) is 0 Å². The number of imidazole rings is 1. The van der Waals surface area contributed by atoms with E-state index in [2.05, 4.69) is 15.6 Å². The van der Waals surface area contributed by atoms with Crippen molar-refractivity contribution in [2.75, 3.05) is 13.7 Å². The number of ether oxygens (including phenoxy) is 1. The van der Waals surface area contributed by atoms with Crippen LogP contribution in [0.4, 0.5) is 9.18 Å². The van der Waals surface area contributed by atoms with Crippen LogP contribution in [0, 0.1) is 5.82 Å². The minimum atomic E-state index is -0.936. The van der Waals surface area contributed by atoms with E-state index in [-0.39, 0.29) is 12.4 Å². The molecule has 0 saturated heterocycles. The van der Waals surface area contributed by atoms with E-state index >= 15 is 0 Å². The Bertz CT molecular complexity index is 1230. The lowest BCUT2D eigenvalue weighted by Crippen LogP contribution is -2.41. The van der Waals surface area contributed by atoms with Crippen LogP contribution < -0.4 is 15.4 Å². The van der Waals surface area contributed by atoms with Gasteiger partial charge in [-0.15, -0.1) is 0 Å². The maximum atomic E-state index is 13.5. The number of aliphatic hydroxyl groups is 1. The molecule has 0 aliphatic carbocycles. The van der Waals surface area contributed by atoms with Crippen molar-refractivity contribution < 1.29 is 19.0 Å². The van der Waals surface area contributed by atoms with Crippen molar-refractivity contribution in [3.8, 4) is 5.75 Å². The summed E-state index contributed by atoms with van der Waals surface area (Å²) in [6.07, 6.45) is 0.778. The number of aromatic nitrogens is 2. The number of benzene rings is 3. The molecule has 0 aliphatic rings. The van der Waals surface area contributed by atoms with Gasteiger partial charge in [-0.05, 0) is 35.9 Å². The first-order valence-electron chi connectivity index (χ1n) is 10.6. The summed E-state index contributed by atoms with van der Waals surface area (Å²) in [4.78, 5) is 17.1. The van der Waals surface area contributed by atoms with Crippen molar-refractivity contribution in [3.63, 3.8) is 0 Å². The zero-order chi connectivity index (χ0) is 23.2. The summed E-state index contributed by atoms with van der Waals surface area (Å²) >= 11 is 0. The molecule has 33 heavy (non-hydrogen) atoms. The molecule has 8 heteroatoms. The minimum Gasteiger partial charge on any atom is -0.496 e. The molecule has 170 valence electrons. The topological polar surface area (TPSA) is 88.4 Å². The van der Waals surface area contributed by atoms with E-state index in [4.69, 9.17) is 4.74 Å². The van der Waals surface area contributed by atoms with Gasteiger partial charge >= 0.3 is 6.03 Å². The first-order valence-corrected chi connectivity index (χ1v) is 10.6. The fraction of sp³-hybridized carbons (Fsp3) is 0.200. The number of methoxy groups -OCH3 is 1. The standard InChI is InChI=1S/C25H25FN4O3/c1-33-24-9-5-2-6-19(24)23(31)14-27-25(32)29-21(17-10-12-18(26)13-11-17)15-30-16-28-20-7-3-4-8-22(20)30/h2-13,16,21,23,31H,14-15H2,1H3,(H2,27,29,32). The van der Waals surface area contributed by atoms with Gasteiger partial charge in [-0.25, -0.2) is 14.2 Å².